The molecule has 11 nitrogen and oxygen atoms in total. The highest BCUT2D eigenvalue weighted by Gasteiger charge is 2.36. The zero-order chi connectivity index (χ0) is 28.0. The number of anilines is 1. The Labute approximate surface area is 228 Å². The molecule has 1 atom stereocenters. The van der Waals surface area contributed by atoms with Gasteiger partial charge in [0.1, 0.15) is 24.1 Å². The Morgan fingerprint density at radius 2 is 1.92 bits per heavy atom. The maximum absolute atomic E-state index is 13.2. The van der Waals surface area contributed by atoms with Crippen LogP contribution in [0.2, 0.25) is 0 Å². The summed E-state index contributed by atoms with van der Waals surface area (Å²) in [6.45, 7) is 7.86. The Morgan fingerprint density at radius 3 is 2.64 bits per heavy atom. The molecule has 0 radical (unpaired) electrons. The van der Waals surface area contributed by atoms with Gasteiger partial charge in [-0.05, 0) is 55.4 Å². The van der Waals surface area contributed by atoms with Gasteiger partial charge in [0, 0.05) is 50.2 Å². The second kappa shape index (κ2) is 12.3. The van der Waals surface area contributed by atoms with Gasteiger partial charge in [-0.25, -0.2) is 15.0 Å². The van der Waals surface area contributed by atoms with Crippen molar-refractivity contribution in [1.29, 1.82) is 5.41 Å². The molecule has 39 heavy (non-hydrogen) atoms. The van der Waals surface area contributed by atoms with Crippen LogP contribution < -0.4 is 15.5 Å². The Morgan fingerprint density at radius 1 is 1.15 bits per heavy atom. The van der Waals surface area contributed by atoms with E-state index in [0.29, 0.717) is 35.8 Å². The number of hydrogen-bond donors (Lipinski definition) is 3. The molecule has 2 aromatic rings. The summed E-state index contributed by atoms with van der Waals surface area (Å²) < 4.78 is 5.76. The fourth-order valence-corrected chi connectivity index (χ4v) is 5.08. The number of Topliss-reactive ketones (excluding diaryl/α,β-unsaturated/α-hetero) is 1. The predicted octanol–water partition coefficient (Wildman–Crippen LogP) is 2.57. The van der Waals surface area contributed by atoms with Gasteiger partial charge in [0.25, 0.3) is 5.91 Å². The average molecular weight is 536 g/mol. The molecular weight excluding hydrogens is 498 g/mol. The zero-order valence-corrected chi connectivity index (χ0v) is 22.8. The van der Waals surface area contributed by atoms with Gasteiger partial charge in [-0.2, -0.15) is 0 Å². The Hall–Kier alpha value is -3.86. The molecule has 3 N–H and O–H groups in total. The van der Waals surface area contributed by atoms with Crippen LogP contribution in [0.25, 0.3) is 0 Å². The first kappa shape index (κ1) is 28.2. The van der Waals surface area contributed by atoms with Crippen LogP contribution in [0.5, 0.6) is 5.75 Å². The number of piperidine rings is 1. The molecule has 208 valence electrons. The molecule has 2 fully saturated rings. The van der Waals surface area contributed by atoms with E-state index < -0.39 is 11.8 Å². The highest BCUT2D eigenvalue weighted by atomic mass is 16.5. The summed E-state index contributed by atoms with van der Waals surface area (Å²) in [7, 11) is 0. The van der Waals surface area contributed by atoms with Crippen LogP contribution in [-0.4, -0.2) is 75.4 Å². The number of aromatic nitrogens is 2. The molecule has 2 amide bonds. The van der Waals surface area contributed by atoms with Crippen molar-refractivity contribution in [1.82, 2.24) is 25.3 Å². The molecule has 1 aromatic heterocycles. The van der Waals surface area contributed by atoms with E-state index in [0.717, 1.165) is 32.4 Å². The number of carbonyl (C=O) groups excluding carboxylic acids is 3. The number of amides is 2. The number of ketones is 1. The van der Waals surface area contributed by atoms with Crippen molar-refractivity contribution in [3.05, 3.63) is 48.0 Å². The van der Waals surface area contributed by atoms with Crippen LogP contribution in [0.4, 0.5) is 5.69 Å². The van der Waals surface area contributed by atoms with Gasteiger partial charge in [0.2, 0.25) is 5.91 Å². The van der Waals surface area contributed by atoms with E-state index in [1.165, 1.54) is 6.92 Å². The predicted molar refractivity (Wildman–Crippen MR) is 146 cm³/mol. The van der Waals surface area contributed by atoms with Gasteiger partial charge in [-0.3, -0.25) is 25.2 Å². The number of ether oxygens (including phenoxy) is 1. The second-order valence-corrected chi connectivity index (χ2v) is 10.9. The molecule has 0 unspecified atom stereocenters. The van der Waals surface area contributed by atoms with E-state index in [4.69, 9.17) is 10.1 Å². The maximum Gasteiger partial charge on any atom is 0.257 e. The summed E-state index contributed by atoms with van der Waals surface area (Å²) in [6.07, 6.45) is 6.76. The summed E-state index contributed by atoms with van der Waals surface area (Å²) in [4.78, 5) is 48.1. The first-order valence-corrected chi connectivity index (χ1v) is 13.3. The molecule has 0 aliphatic carbocycles. The largest absolute Gasteiger partial charge is 0.486 e. The van der Waals surface area contributed by atoms with Gasteiger partial charge < -0.3 is 15.0 Å². The summed E-state index contributed by atoms with van der Waals surface area (Å²) in [5, 5.41) is 13.3. The average Bonchev–Trinajstić information content (AvgIpc) is 3.41. The number of rotatable bonds is 10. The minimum absolute atomic E-state index is 0.0726. The molecule has 2 saturated heterocycles. The Kier molecular flexibility index (Phi) is 8.90. The number of hydrazine groups is 1. The summed E-state index contributed by atoms with van der Waals surface area (Å²) in [5.74, 6) is 0.166. The molecule has 3 heterocycles. The van der Waals surface area contributed by atoms with Crippen LogP contribution in [0.3, 0.4) is 0 Å². The maximum atomic E-state index is 13.2. The monoisotopic (exact) mass is 535 g/mol. The SMILES string of the molecule is CC(=O)C(=N)c1cc(OCc2ncccn2)ccc1NCC(=O)N1CCC[C@H]1C(=O)NN1CCCC(C)(C)C1. The van der Waals surface area contributed by atoms with Crippen LogP contribution in [0.15, 0.2) is 36.7 Å². The topological polar surface area (TPSA) is 141 Å². The lowest BCUT2D eigenvalue weighted by Gasteiger charge is -2.38. The molecule has 2 aliphatic rings. The normalized spacial score (nSPS) is 18.8. The van der Waals surface area contributed by atoms with Crippen molar-refractivity contribution in [2.75, 3.05) is 31.5 Å². The molecule has 4 rings (SSSR count). The van der Waals surface area contributed by atoms with Crippen LogP contribution >= 0.6 is 0 Å². The van der Waals surface area contributed by atoms with Gasteiger partial charge in [0.15, 0.2) is 11.6 Å². The lowest BCUT2D eigenvalue weighted by molar-refractivity contribution is -0.140. The van der Waals surface area contributed by atoms with Crippen molar-refractivity contribution >= 4 is 29.0 Å². The fraction of sp³-hybridized carbons (Fsp3) is 0.500. The van der Waals surface area contributed by atoms with Crippen molar-refractivity contribution in [3.63, 3.8) is 0 Å². The summed E-state index contributed by atoms with van der Waals surface area (Å²) in [5.41, 5.74) is 3.76. The molecule has 0 spiro atoms. The van der Waals surface area contributed by atoms with Crippen molar-refractivity contribution in [2.24, 2.45) is 5.41 Å². The molecule has 1 aromatic carbocycles. The number of likely N-dealkylation sites (tertiary alicyclic amines) is 1. The van der Waals surface area contributed by atoms with E-state index in [9.17, 15) is 14.4 Å². The van der Waals surface area contributed by atoms with E-state index in [2.05, 4.69) is 34.6 Å². The highest BCUT2D eigenvalue weighted by molar-refractivity contribution is 6.45. The summed E-state index contributed by atoms with van der Waals surface area (Å²) in [6, 6.07) is 6.15. The minimum atomic E-state index is -0.518. The van der Waals surface area contributed by atoms with E-state index in [1.54, 1.807) is 41.6 Å². The lowest BCUT2D eigenvalue weighted by atomic mass is 9.85. The molecule has 11 heteroatoms. The third-order valence-corrected chi connectivity index (χ3v) is 7.07. The first-order valence-electron chi connectivity index (χ1n) is 13.3. The number of carbonyl (C=O) groups is 3. The molecule has 0 saturated carbocycles. The van der Waals surface area contributed by atoms with Gasteiger partial charge in [-0.15, -0.1) is 0 Å². The van der Waals surface area contributed by atoms with E-state index >= 15 is 0 Å². The van der Waals surface area contributed by atoms with Crippen LogP contribution in [0.1, 0.15) is 57.8 Å². The van der Waals surface area contributed by atoms with Gasteiger partial charge in [0.05, 0.1) is 6.54 Å². The minimum Gasteiger partial charge on any atom is -0.486 e. The number of nitrogens with zero attached hydrogens (tertiary/aromatic N) is 4. The molecule has 0 bridgehead atoms. The Balaban J connectivity index is 1.39. The summed E-state index contributed by atoms with van der Waals surface area (Å²) >= 11 is 0. The van der Waals surface area contributed by atoms with E-state index in [1.807, 2.05) is 5.01 Å². The number of hydrogen-bond acceptors (Lipinski definition) is 9. The highest BCUT2D eigenvalue weighted by Crippen LogP contribution is 2.28. The van der Waals surface area contributed by atoms with Gasteiger partial charge in [-0.1, -0.05) is 13.8 Å². The van der Waals surface area contributed by atoms with Crippen molar-refractivity contribution in [2.45, 2.75) is 59.1 Å². The van der Waals surface area contributed by atoms with Crippen LogP contribution in [0, 0.1) is 10.8 Å². The molecular formula is C28H37N7O4. The van der Waals surface area contributed by atoms with Crippen molar-refractivity contribution < 1.29 is 19.1 Å². The number of nitrogens with one attached hydrogen (secondary N) is 3. The van der Waals surface area contributed by atoms with Crippen LogP contribution in [-0.2, 0) is 21.0 Å². The Bertz CT molecular complexity index is 1220. The third-order valence-electron chi connectivity index (χ3n) is 7.07. The van der Waals surface area contributed by atoms with Gasteiger partial charge >= 0.3 is 0 Å². The fourth-order valence-electron chi connectivity index (χ4n) is 5.08. The number of benzene rings is 1. The first-order chi connectivity index (χ1) is 18.6. The second-order valence-electron chi connectivity index (χ2n) is 10.9. The zero-order valence-electron chi connectivity index (χ0n) is 22.8. The van der Waals surface area contributed by atoms with Crippen molar-refractivity contribution in [3.8, 4) is 5.75 Å². The smallest absolute Gasteiger partial charge is 0.257 e. The molecule has 2 aliphatic heterocycles. The van der Waals surface area contributed by atoms with E-state index in [-0.39, 0.29) is 36.1 Å². The third kappa shape index (κ3) is 7.38. The lowest BCUT2D eigenvalue weighted by Crippen LogP contribution is -2.55. The standard InChI is InChI=1S/C28H37N7O4/c1-19(36)26(29)21-15-20(39-17-24-30-11-6-12-31-24)8-9-22(21)32-16-25(37)35-14-4-7-23(35)27(38)33-34-13-5-10-28(2,3)18-34/h6,8-9,11-12,15,23,29,32H,4-5,7,10,13-14,16-18H2,1-3H3,(H,33,38)/t23-/m0/s1. The quantitative estimate of drug-likeness (QED) is 0.394.